The van der Waals surface area contributed by atoms with Gasteiger partial charge in [-0.25, -0.2) is 8.78 Å². The fourth-order valence-electron chi connectivity index (χ4n) is 3.58. The summed E-state index contributed by atoms with van der Waals surface area (Å²) in [6.07, 6.45) is 0.786. The van der Waals surface area contributed by atoms with Crippen molar-refractivity contribution >= 4 is 5.69 Å². The highest BCUT2D eigenvalue weighted by Crippen LogP contribution is 2.39. The minimum Gasteiger partial charge on any atom is -0.490 e. The highest BCUT2D eigenvalue weighted by atomic mass is 19.1. The van der Waals surface area contributed by atoms with Crippen molar-refractivity contribution in [2.45, 2.75) is 6.42 Å². The van der Waals surface area contributed by atoms with Gasteiger partial charge in [0.1, 0.15) is 19.0 Å². The van der Waals surface area contributed by atoms with Crippen LogP contribution in [0.3, 0.4) is 0 Å². The van der Waals surface area contributed by atoms with E-state index in [1.54, 1.807) is 0 Å². The van der Waals surface area contributed by atoms with Gasteiger partial charge in [-0.15, -0.1) is 0 Å². The third-order valence-corrected chi connectivity index (χ3v) is 5.03. The molecule has 150 valence electrons. The van der Waals surface area contributed by atoms with E-state index in [-0.39, 0.29) is 5.75 Å². The molecular formula is C21H24F2N2O3. The molecule has 2 aromatic carbocycles. The van der Waals surface area contributed by atoms with Gasteiger partial charge < -0.3 is 19.1 Å². The lowest BCUT2D eigenvalue weighted by molar-refractivity contribution is 0.171. The lowest BCUT2D eigenvalue weighted by Crippen LogP contribution is -2.47. The molecular weight excluding hydrogens is 366 g/mol. The Morgan fingerprint density at radius 2 is 1.79 bits per heavy atom. The van der Waals surface area contributed by atoms with Crippen molar-refractivity contribution in [2.24, 2.45) is 0 Å². The summed E-state index contributed by atoms with van der Waals surface area (Å²) in [5.41, 5.74) is 1.09. The van der Waals surface area contributed by atoms with Gasteiger partial charge in [-0.1, -0.05) is 6.07 Å². The van der Waals surface area contributed by atoms with E-state index < -0.39 is 11.6 Å². The van der Waals surface area contributed by atoms with Gasteiger partial charge in [0.25, 0.3) is 0 Å². The van der Waals surface area contributed by atoms with Crippen molar-refractivity contribution in [3.63, 3.8) is 0 Å². The number of hydrogen-bond acceptors (Lipinski definition) is 5. The van der Waals surface area contributed by atoms with Gasteiger partial charge >= 0.3 is 0 Å². The molecule has 0 aromatic heterocycles. The molecule has 2 aliphatic rings. The van der Waals surface area contributed by atoms with Crippen molar-refractivity contribution in [2.75, 3.05) is 57.4 Å². The first-order chi connectivity index (χ1) is 13.7. The van der Waals surface area contributed by atoms with Crippen LogP contribution in [-0.4, -0.2) is 57.4 Å². The van der Waals surface area contributed by atoms with Crippen molar-refractivity contribution in [1.29, 1.82) is 0 Å². The Balaban J connectivity index is 1.23. The van der Waals surface area contributed by atoms with E-state index >= 15 is 0 Å². The maximum Gasteiger partial charge on any atom is 0.184 e. The fraction of sp³-hybridized carbons (Fsp3) is 0.429. The van der Waals surface area contributed by atoms with Crippen molar-refractivity contribution in [1.82, 2.24) is 4.90 Å². The van der Waals surface area contributed by atoms with Crippen LogP contribution in [0.2, 0.25) is 0 Å². The predicted octanol–water partition coefficient (Wildman–Crippen LogP) is 3.33. The maximum absolute atomic E-state index is 13.6. The summed E-state index contributed by atoms with van der Waals surface area (Å²) in [5.74, 6) is 0.501. The van der Waals surface area contributed by atoms with Crippen LogP contribution in [0.1, 0.15) is 6.42 Å². The normalized spacial score (nSPS) is 16.9. The summed E-state index contributed by atoms with van der Waals surface area (Å²) < 4.78 is 43.4. The number of hydrogen-bond donors (Lipinski definition) is 0. The molecule has 7 heteroatoms. The second-order valence-corrected chi connectivity index (χ2v) is 6.91. The van der Waals surface area contributed by atoms with Gasteiger partial charge in [0.05, 0.1) is 12.3 Å². The van der Waals surface area contributed by atoms with E-state index in [4.69, 9.17) is 14.2 Å². The number of halogens is 2. The van der Waals surface area contributed by atoms with Crippen LogP contribution in [0.5, 0.6) is 17.2 Å². The quantitative estimate of drug-likeness (QED) is 0.707. The number of piperazine rings is 1. The van der Waals surface area contributed by atoms with E-state index in [0.717, 1.165) is 62.4 Å². The van der Waals surface area contributed by atoms with Gasteiger partial charge in [-0.3, -0.25) is 4.90 Å². The zero-order valence-electron chi connectivity index (χ0n) is 15.7. The number of para-hydroxylation sites is 1. The van der Waals surface area contributed by atoms with E-state index in [0.29, 0.717) is 19.8 Å². The predicted molar refractivity (Wildman–Crippen MR) is 103 cm³/mol. The van der Waals surface area contributed by atoms with E-state index in [1.165, 1.54) is 12.1 Å². The van der Waals surface area contributed by atoms with Crippen LogP contribution in [0, 0.1) is 11.6 Å². The van der Waals surface area contributed by atoms with Crippen LogP contribution in [-0.2, 0) is 0 Å². The first kappa shape index (κ1) is 18.8. The molecule has 0 amide bonds. The maximum atomic E-state index is 13.6. The standard InChI is InChI=1S/C21H24F2N2O3/c22-16-5-6-19(17(23)15-16)26-12-2-7-24-8-10-25(11-9-24)18-3-1-4-20-21(18)28-14-13-27-20/h1,3-6,15H,2,7-14H2. The Labute approximate surface area is 163 Å². The van der Waals surface area contributed by atoms with Crippen molar-refractivity contribution in [3.05, 3.63) is 48.0 Å². The van der Waals surface area contributed by atoms with E-state index in [2.05, 4.69) is 15.9 Å². The molecule has 0 bridgehead atoms. The molecule has 0 N–H and O–H groups in total. The van der Waals surface area contributed by atoms with Gasteiger partial charge in [0, 0.05) is 38.8 Å². The second kappa shape index (κ2) is 8.65. The Hall–Kier alpha value is -2.54. The van der Waals surface area contributed by atoms with Gasteiger partial charge in [-0.05, 0) is 30.7 Å². The Kier molecular flexibility index (Phi) is 5.81. The van der Waals surface area contributed by atoms with E-state index in [1.807, 2.05) is 12.1 Å². The number of fused-ring (bicyclic) bond motifs is 1. The summed E-state index contributed by atoms with van der Waals surface area (Å²) in [5, 5.41) is 0. The smallest absolute Gasteiger partial charge is 0.184 e. The molecule has 0 radical (unpaired) electrons. The molecule has 1 saturated heterocycles. The first-order valence-electron chi connectivity index (χ1n) is 9.64. The van der Waals surface area contributed by atoms with Crippen molar-refractivity contribution < 1.29 is 23.0 Å². The Morgan fingerprint density at radius 3 is 2.61 bits per heavy atom. The molecule has 2 aliphatic heterocycles. The molecule has 2 heterocycles. The van der Waals surface area contributed by atoms with Crippen molar-refractivity contribution in [3.8, 4) is 17.2 Å². The number of rotatable bonds is 6. The summed E-state index contributed by atoms with van der Waals surface area (Å²) in [6.45, 7) is 6.15. The largest absolute Gasteiger partial charge is 0.490 e. The third kappa shape index (κ3) is 4.30. The molecule has 0 atom stereocenters. The second-order valence-electron chi connectivity index (χ2n) is 6.91. The number of benzene rings is 2. The van der Waals surface area contributed by atoms with Gasteiger partial charge in [-0.2, -0.15) is 0 Å². The summed E-state index contributed by atoms with van der Waals surface area (Å²) in [7, 11) is 0. The summed E-state index contributed by atoms with van der Waals surface area (Å²) in [6, 6.07) is 9.39. The highest BCUT2D eigenvalue weighted by Gasteiger charge is 2.23. The first-order valence-corrected chi connectivity index (χ1v) is 9.64. The molecule has 5 nitrogen and oxygen atoms in total. The molecule has 4 rings (SSSR count). The molecule has 0 unspecified atom stereocenters. The van der Waals surface area contributed by atoms with Crippen LogP contribution in [0.25, 0.3) is 0 Å². The lowest BCUT2D eigenvalue weighted by Gasteiger charge is -2.37. The van der Waals surface area contributed by atoms with Gasteiger partial charge in [0.15, 0.2) is 23.1 Å². The zero-order valence-corrected chi connectivity index (χ0v) is 15.7. The SMILES string of the molecule is Fc1ccc(OCCCN2CCN(c3cccc4c3OCCO4)CC2)c(F)c1. The summed E-state index contributed by atoms with van der Waals surface area (Å²) in [4.78, 5) is 4.70. The number of anilines is 1. The lowest BCUT2D eigenvalue weighted by atomic mass is 10.2. The fourth-order valence-corrected chi connectivity index (χ4v) is 3.58. The Morgan fingerprint density at radius 1 is 0.964 bits per heavy atom. The third-order valence-electron chi connectivity index (χ3n) is 5.03. The molecule has 28 heavy (non-hydrogen) atoms. The van der Waals surface area contributed by atoms with Crippen LogP contribution >= 0.6 is 0 Å². The van der Waals surface area contributed by atoms with E-state index in [9.17, 15) is 8.78 Å². The number of ether oxygens (including phenoxy) is 3. The molecule has 2 aromatic rings. The topological polar surface area (TPSA) is 34.2 Å². The average Bonchev–Trinajstić information content (AvgIpc) is 2.72. The minimum absolute atomic E-state index is 0.0993. The van der Waals surface area contributed by atoms with Crippen LogP contribution in [0.15, 0.2) is 36.4 Å². The zero-order chi connectivity index (χ0) is 19.3. The average molecular weight is 390 g/mol. The van der Waals surface area contributed by atoms with Crippen LogP contribution < -0.4 is 19.1 Å². The number of nitrogens with zero attached hydrogens (tertiary/aromatic N) is 2. The summed E-state index contributed by atoms with van der Waals surface area (Å²) >= 11 is 0. The monoisotopic (exact) mass is 390 g/mol. The van der Waals surface area contributed by atoms with Crippen LogP contribution in [0.4, 0.5) is 14.5 Å². The van der Waals surface area contributed by atoms with Gasteiger partial charge in [0.2, 0.25) is 0 Å². The molecule has 0 saturated carbocycles. The molecule has 1 fully saturated rings. The molecule has 0 aliphatic carbocycles. The minimum atomic E-state index is -0.661. The molecule has 0 spiro atoms. The Bertz CT molecular complexity index is 810. The highest BCUT2D eigenvalue weighted by molar-refractivity contribution is 5.65.